The summed E-state index contributed by atoms with van der Waals surface area (Å²) >= 11 is 0. The Kier molecular flexibility index (Phi) is 5.40. The van der Waals surface area contributed by atoms with Gasteiger partial charge in [0.05, 0.1) is 11.7 Å². The highest BCUT2D eigenvalue weighted by Gasteiger charge is 2.28. The van der Waals surface area contributed by atoms with E-state index in [-0.39, 0.29) is 6.10 Å². The number of ether oxygens (including phenoxy) is 2. The van der Waals surface area contributed by atoms with Crippen LogP contribution < -0.4 is 10.1 Å². The fourth-order valence-corrected chi connectivity index (χ4v) is 2.37. The predicted octanol–water partition coefficient (Wildman–Crippen LogP) is 2.10. The van der Waals surface area contributed by atoms with Gasteiger partial charge in [0.2, 0.25) is 0 Å². The highest BCUT2D eigenvalue weighted by molar-refractivity contribution is 5.28. The zero-order chi connectivity index (χ0) is 14.4. The number of rotatable bonds is 6. The third-order valence-corrected chi connectivity index (χ3v) is 3.48. The van der Waals surface area contributed by atoms with Crippen molar-refractivity contribution in [1.82, 2.24) is 5.32 Å². The second-order valence-corrected chi connectivity index (χ2v) is 5.75. The van der Waals surface area contributed by atoms with Crippen molar-refractivity contribution >= 4 is 0 Å². The van der Waals surface area contributed by atoms with E-state index in [1.165, 1.54) is 5.56 Å². The normalized spacial score (nSPS) is 18.2. The third kappa shape index (κ3) is 4.78. The fourth-order valence-electron chi connectivity index (χ4n) is 2.37. The van der Waals surface area contributed by atoms with Crippen LogP contribution in [0, 0.1) is 0 Å². The molecule has 1 aromatic rings. The van der Waals surface area contributed by atoms with E-state index in [4.69, 9.17) is 9.47 Å². The molecule has 0 radical (unpaired) electrons. The monoisotopic (exact) mass is 279 g/mol. The summed E-state index contributed by atoms with van der Waals surface area (Å²) in [6.07, 6.45) is 1.59. The van der Waals surface area contributed by atoms with Crippen LogP contribution in [-0.2, 0) is 11.3 Å². The van der Waals surface area contributed by atoms with Gasteiger partial charge in [0, 0.05) is 39.1 Å². The van der Waals surface area contributed by atoms with Crippen molar-refractivity contribution in [1.29, 1.82) is 0 Å². The fraction of sp³-hybridized carbons (Fsp3) is 0.625. The van der Waals surface area contributed by atoms with E-state index < -0.39 is 5.60 Å². The van der Waals surface area contributed by atoms with Crippen LogP contribution >= 0.6 is 0 Å². The van der Waals surface area contributed by atoms with Crippen molar-refractivity contribution in [3.63, 3.8) is 0 Å². The first-order valence-electron chi connectivity index (χ1n) is 7.34. The first kappa shape index (κ1) is 15.3. The molecule has 1 aliphatic rings. The zero-order valence-electron chi connectivity index (χ0n) is 12.4. The van der Waals surface area contributed by atoms with Crippen LogP contribution in [0.15, 0.2) is 24.3 Å². The van der Waals surface area contributed by atoms with Crippen LogP contribution in [0.5, 0.6) is 5.75 Å². The molecule has 20 heavy (non-hydrogen) atoms. The molecule has 0 atom stereocenters. The molecule has 0 saturated carbocycles. The molecular formula is C16H25NO3. The lowest BCUT2D eigenvalue weighted by molar-refractivity contribution is -0.0617. The maximum Gasteiger partial charge on any atom is 0.120 e. The van der Waals surface area contributed by atoms with Crippen LogP contribution in [0.2, 0.25) is 0 Å². The van der Waals surface area contributed by atoms with Gasteiger partial charge in [-0.15, -0.1) is 0 Å². The highest BCUT2D eigenvalue weighted by atomic mass is 16.5. The van der Waals surface area contributed by atoms with Crippen LogP contribution in [-0.4, -0.2) is 36.6 Å². The van der Waals surface area contributed by atoms with Crippen LogP contribution in [0.3, 0.4) is 0 Å². The molecule has 4 heteroatoms. The number of nitrogens with one attached hydrogen (secondary N) is 1. The molecule has 1 saturated heterocycles. The third-order valence-electron chi connectivity index (χ3n) is 3.48. The first-order valence-corrected chi connectivity index (χ1v) is 7.34. The van der Waals surface area contributed by atoms with E-state index >= 15 is 0 Å². The van der Waals surface area contributed by atoms with Gasteiger partial charge in [-0.05, 0) is 31.5 Å². The van der Waals surface area contributed by atoms with Gasteiger partial charge in [-0.25, -0.2) is 0 Å². The molecule has 0 amide bonds. The largest absolute Gasteiger partial charge is 0.491 e. The number of aliphatic hydroxyl groups is 1. The second kappa shape index (κ2) is 7.07. The van der Waals surface area contributed by atoms with Crippen LogP contribution in [0.25, 0.3) is 0 Å². The molecular weight excluding hydrogens is 254 g/mol. The van der Waals surface area contributed by atoms with Gasteiger partial charge in [-0.3, -0.25) is 0 Å². The summed E-state index contributed by atoms with van der Waals surface area (Å²) in [4.78, 5) is 0. The van der Waals surface area contributed by atoms with Gasteiger partial charge in [-0.1, -0.05) is 12.1 Å². The summed E-state index contributed by atoms with van der Waals surface area (Å²) in [5.41, 5.74) is 0.545. The maximum atomic E-state index is 10.4. The van der Waals surface area contributed by atoms with E-state index in [2.05, 4.69) is 11.4 Å². The van der Waals surface area contributed by atoms with Crippen molar-refractivity contribution < 1.29 is 14.6 Å². The van der Waals surface area contributed by atoms with Crippen LogP contribution in [0.4, 0.5) is 0 Å². The molecule has 1 heterocycles. The van der Waals surface area contributed by atoms with Gasteiger partial charge < -0.3 is 19.9 Å². The summed E-state index contributed by atoms with van der Waals surface area (Å²) in [5, 5.41) is 13.7. The standard InChI is InChI=1S/C16H25NO3/c1-13(2)20-15-5-3-4-14(10-15)11-17-12-16(18)6-8-19-9-7-16/h3-5,10,13,17-18H,6-9,11-12H2,1-2H3. The molecule has 1 aliphatic heterocycles. The maximum absolute atomic E-state index is 10.4. The molecule has 0 aliphatic carbocycles. The second-order valence-electron chi connectivity index (χ2n) is 5.75. The van der Waals surface area contributed by atoms with Crippen molar-refractivity contribution in [3.8, 4) is 5.75 Å². The molecule has 2 N–H and O–H groups in total. The number of benzene rings is 1. The van der Waals surface area contributed by atoms with Crippen molar-refractivity contribution in [2.24, 2.45) is 0 Å². The minimum Gasteiger partial charge on any atom is -0.491 e. The Morgan fingerprint density at radius 3 is 2.80 bits per heavy atom. The van der Waals surface area contributed by atoms with E-state index in [1.54, 1.807) is 0 Å². The van der Waals surface area contributed by atoms with Gasteiger partial charge in [0.25, 0.3) is 0 Å². The molecule has 0 unspecified atom stereocenters. The van der Waals surface area contributed by atoms with E-state index in [9.17, 15) is 5.11 Å². The SMILES string of the molecule is CC(C)Oc1cccc(CNCC2(O)CCOCC2)c1. The van der Waals surface area contributed by atoms with Gasteiger partial charge in [0.1, 0.15) is 5.75 Å². The Labute approximate surface area is 121 Å². The molecule has 0 aromatic heterocycles. The van der Waals surface area contributed by atoms with Gasteiger partial charge in [0.15, 0.2) is 0 Å². The lowest BCUT2D eigenvalue weighted by atomic mass is 9.94. The van der Waals surface area contributed by atoms with Crippen molar-refractivity contribution in [2.75, 3.05) is 19.8 Å². The van der Waals surface area contributed by atoms with Crippen molar-refractivity contribution in [3.05, 3.63) is 29.8 Å². The first-order chi connectivity index (χ1) is 9.57. The Morgan fingerprint density at radius 1 is 1.35 bits per heavy atom. The topological polar surface area (TPSA) is 50.7 Å². The van der Waals surface area contributed by atoms with E-state index in [1.807, 2.05) is 32.0 Å². The Morgan fingerprint density at radius 2 is 2.10 bits per heavy atom. The summed E-state index contributed by atoms with van der Waals surface area (Å²) in [7, 11) is 0. The number of hydrogen-bond donors (Lipinski definition) is 2. The summed E-state index contributed by atoms with van der Waals surface area (Å²) in [6.45, 7) is 6.67. The number of hydrogen-bond acceptors (Lipinski definition) is 4. The molecule has 2 rings (SSSR count). The zero-order valence-corrected chi connectivity index (χ0v) is 12.4. The Balaban J connectivity index is 1.81. The quantitative estimate of drug-likeness (QED) is 0.837. The van der Waals surface area contributed by atoms with E-state index in [0.29, 0.717) is 32.6 Å². The van der Waals surface area contributed by atoms with E-state index in [0.717, 1.165) is 12.3 Å². The van der Waals surface area contributed by atoms with Crippen LogP contribution in [0.1, 0.15) is 32.3 Å². The molecule has 1 aromatic carbocycles. The molecule has 0 spiro atoms. The van der Waals surface area contributed by atoms with Crippen molar-refractivity contribution in [2.45, 2.75) is 44.9 Å². The average molecular weight is 279 g/mol. The minimum absolute atomic E-state index is 0.182. The van der Waals surface area contributed by atoms with Gasteiger partial charge >= 0.3 is 0 Å². The minimum atomic E-state index is -0.621. The van der Waals surface area contributed by atoms with Gasteiger partial charge in [-0.2, -0.15) is 0 Å². The summed E-state index contributed by atoms with van der Waals surface area (Å²) in [6, 6.07) is 8.07. The average Bonchev–Trinajstić information content (AvgIpc) is 2.39. The molecule has 4 nitrogen and oxygen atoms in total. The molecule has 1 fully saturated rings. The summed E-state index contributed by atoms with van der Waals surface area (Å²) in [5.74, 6) is 0.893. The highest BCUT2D eigenvalue weighted by Crippen LogP contribution is 2.20. The molecule has 112 valence electrons. The molecule has 0 bridgehead atoms. The smallest absolute Gasteiger partial charge is 0.120 e. The lowest BCUT2D eigenvalue weighted by Gasteiger charge is -2.32. The Hall–Kier alpha value is -1.10. The lowest BCUT2D eigenvalue weighted by Crippen LogP contribution is -2.44. The Bertz CT molecular complexity index is 414. The summed E-state index contributed by atoms with van der Waals surface area (Å²) < 4.78 is 11.0. The predicted molar refractivity (Wildman–Crippen MR) is 78.9 cm³/mol.